The van der Waals surface area contributed by atoms with Crippen LogP contribution in [0.5, 0.6) is 0 Å². The lowest BCUT2D eigenvalue weighted by molar-refractivity contribution is -0.115. The molecule has 0 fully saturated rings. The summed E-state index contributed by atoms with van der Waals surface area (Å²) in [6.45, 7) is 5.40. The van der Waals surface area contributed by atoms with Crippen LogP contribution < -0.4 is 10.9 Å². The van der Waals surface area contributed by atoms with E-state index in [0.29, 0.717) is 16.1 Å². The molecule has 0 spiro atoms. The molecular formula is C20H19F2N3O2S. The molecule has 3 aromatic rings. The minimum Gasteiger partial charge on any atom is -0.325 e. The van der Waals surface area contributed by atoms with E-state index in [1.807, 2.05) is 13.8 Å². The number of carbonyl (C=O) groups is 1. The number of carbonyl (C=O) groups excluding carboxylic acids is 1. The number of amides is 1. The number of hydrogen-bond acceptors (Lipinski definition) is 4. The molecule has 0 aliphatic carbocycles. The van der Waals surface area contributed by atoms with Gasteiger partial charge in [0.05, 0.1) is 16.2 Å². The Morgan fingerprint density at radius 2 is 1.82 bits per heavy atom. The summed E-state index contributed by atoms with van der Waals surface area (Å²) in [5.74, 6) is -2.43. The van der Waals surface area contributed by atoms with Crippen molar-refractivity contribution >= 4 is 34.3 Å². The predicted octanol–water partition coefficient (Wildman–Crippen LogP) is 4.37. The second-order valence-corrected chi connectivity index (χ2v) is 7.87. The number of thioether (sulfide) groups is 1. The number of fused-ring (bicyclic) bond motifs is 1. The Morgan fingerprint density at radius 3 is 2.50 bits per heavy atom. The van der Waals surface area contributed by atoms with Gasteiger partial charge in [-0.15, -0.1) is 0 Å². The molecule has 0 radical (unpaired) electrons. The van der Waals surface area contributed by atoms with E-state index in [1.54, 1.807) is 35.8 Å². The van der Waals surface area contributed by atoms with E-state index in [2.05, 4.69) is 10.3 Å². The number of anilines is 1. The van der Waals surface area contributed by atoms with Gasteiger partial charge in [-0.25, -0.2) is 13.8 Å². The molecule has 0 bridgehead atoms. The zero-order chi connectivity index (χ0) is 20.4. The first kappa shape index (κ1) is 20.0. The van der Waals surface area contributed by atoms with Crippen LogP contribution in [0.2, 0.25) is 0 Å². The Hall–Kier alpha value is -2.74. The first-order valence-corrected chi connectivity index (χ1v) is 9.59. The molecule has 146 valence electrons. The van der Waals surface area contributed by atoms with Gasteiger partial charge >= 0.3 is 0 Å². The van der Waals surface area contributed by atoms with Gasteiger partial charge in [0.25, 0.3) is 5.56 Å². The summed E-state index contributed by atoms with van der Waals surface area (Å²) in [7, 11) is 0. The number of nitrogens with zero attached hydrogens (tertiary/aromatic N) is 2. The van der Waals surface area contributed by atoms with E-state index >= 15 is 0 Å². The van der Waals surface area contributed by atoms with Gasteiger partial charge in [0.2, 0.25) is 5.91 Å². The zero-order valence-corrected chi connectivity index (χ0v) is 16.4. The number of nitrogens with one attached hydrogen (secondary N) is 1. The third-order valence-electron chi connectivity index (χ3n) is 4.13. The highest BCUT2D eigenvalue weighted by atomic mass is 32.2. The summed E-state index contributed by atoms with van der Waals surface area (Å²) in [5.41, 5.74) is 0.542. The molecule has 1 N–H and O–H groups in total. The van der Waals surface area contributed by atoms with Crippen LogP contribution >= 0.6 is 11.8 Å². The Morgan fingerprint density at radius 1 is 1.11 bits per heavy atom. The maximum absolute atomic E-state index is 13.3. The molecule has 5 nitrogen and oxygen atoms in total. The Balaban J connectivity index is 1.88. The van der Waals surface area contributed by atoms with Gasteiger partial charge in [0, 0.05) is 17.8 Å². The fraction of sp³-hybridized carbons (Fsp3) is 0.250. The fourth-order valence-electron chi connectivity index (χ4n) is 2.69. The van der Waals surface area contributed by atoms with Crippen molar-refractivity contribution < 1.29 is 13.6 Å². The standard InChI is InChI=1S/C20H19F2N3O2S/c1-11(2)25-19(27)14-6-4-5-7-17(14)24-20(25)28-12(3)18(26)23-13-8-9-15(21)16(22)10-13/h4-12H,1-3H3,(H,23,26)/t12-/m1/s1. The molecule has 0 aliphatic rings. The Labute approximate surface area is 164 Å². The van der Waals surface area contributed by atoms with Gasteiger partial charge in [-0.2, -0.15) is 0 Å². The monoisotopic (exact) mass is 403 g/mol. The topological polar surface area (TPSA) is 64.0 Å². The SMILES string of the molecule is CC(C)n1c(S[C@H](C)C(=O)Nc2ccc(F)c(F)c2)nc2ccccc2c1=O. The quantitative estimate of drug-likeness (QED) is 0.507. The Bertz CT molecular complexity index is 1100. The van der Waals surface area contributed by atoms with Crippen molar-refractivity contribution in [1.82, 2.24) is 9.55 Å². The molecule has 1 atom stereocenters. The lowest BCUT2D eigenvalue weighted by Crippen LogP contribution is -2.28. The van der Waals surface area contributed by atoms with Crippen molar-refractivity contribution in [3.63, 3.8) is 0 Å². The van der Waals surface area contributed by atoms with Crippen molar-refractivity contribution in [2.75, 3.05) is 5.32 Å². The largest absolute Gasteiger partial charge is 0.325 e. The summed E-state index contributed by atoms with van der Waals surface area (Å²) in [6, 6.07) is 10.0. The highest BCUT2D eigenvalue weighted by Gasteiger charge is 2.21. The second-order valence-electron chi connectivity index (χ2n) is 6.56. The van der Waals surface area contributed by atoms with Gasteiger partial charge in [-0.3, -0.25) is 14.2 Å². The van der Waals surface area contributed by atoms with E-state index in [1.165, 1.54) is 6.07 Å². The summed E-state index contributed by atoms with van der Waals surface area (Å²) < 4.78 is 27.9. The molecule has 2 aromatic carbocycles. The van der Waals surface area contributed by atoms with Crippen molar-refractivity contribution in [3.8, 4) is 0 Å². The minimum absolute atomic E-state index is 0.145. The second kappa shape index (κ2) is 8.10. The number of rotatable bonds is 5. The summed E-state index contributed by atoms with van der Waals surface area (Å²) in [6.07, 6.45) is 0. The maximum Gasteiger partial charge on any atom is 0.262 e. The highest BCUT2D eigenvalue weighted by Crippen LogP contribution is 2.26. The summed E-state index contributed by atoms with van der Waals surface area (Å²) in [4.78, 5) is 29.9. The lowest BCUT2D eigenvalue weighted by atomic mass is 10.2. The highest BCUT2D eigenvalue weighted by molar-refractivity contribution is 8.00. The van der Waals surface area contributed by atoms with Crippen LogP contribution in [0.25, 0.3) is 10.9 Å². The molecule has 28 heavy (non-hydrogen) atoms. The van der Waals surface area contributed by atoms with E-state index in [-0.39, 0.29) is 17.3 Å². The smallest absolute Gasteiger partial charge is 0.262 e. The van der Waals surface area contributed by atoms with Crippen LogP contribution in [0.4, 0.5) is 14.5 Å². The average Bonchev–Trinajstić information content (AvgIpc) is 2.64. The average molecular weight is 403 g/mol. The molecule has 3 rings (SSSR count). The Kier molecular flexibility index (Phi) is 5.79. The van der Waals surface area contributed by atoms with Gasteiger partial charge in [-0.05, 0) is 45.0 Å². The zero-order valence-electron chi connectivity index (χ0n) is 15.6. The van der Waals surface area contributed by atoms with Crippen LogP contribution in [-0.2, 0) is 4.79 Å². The van der Waals surface area contributed by atoms with E-state index < -0.39 is 22.8 Å². The van der Waals surface area contributed by atoms with Crippen LogP contribution in [-0.4, -0.2) is 20.7 Å². The maximum atomic E-state index is 13.3. The van der Waals surface area contributed by atoms with Crippen molar-refractivity contribution in [2.45, 2.75) is 37.2 Å². The van der Waals surface area contributed by atoms with Crippen LogP contribution in [0, 0.1) is 11.6 Å². The van der Waals surface area contributed by atoms with Gasteiger partial charge in [-0.1, -0.05) is 23.9 Å². The molecule has 8 heteroatoms. The van der Waals surface area contributed by atoms with Gasteiger partial charge < -0.3 is 5.32 Å². The summed E-state index contributed by atoms with van der Waals surface area (Å²) >= 11 is 1.13. The molecule has 1 aromatic heterocycles. The molecule has 1 amide bonds. The lowest BCUT2D eigenvalue weighted by Gasteiger charge is -2.18. The van der Waals surface area contributed by atoms with Crippen LogP contribution in [0.3, 0.4) is 0 Å². The first-order chi connectivity index (χ1) is 13.3. The predicted molar refractivity (Wildman–Crippen MR) is 107 cm³/mol. The minimum atomic E-state index is -1.04. The molecular weight excluding hydrogens is 384 g/mol. The van der Waals surface area contributed by atoms with Crippen LogP contribution in [0.15, 0.2) is 52.4 Å². The van der Waals surface area contributed by atoms with Crippen molar-refractivity contribution in [1.29, 1.82) is 0 Å². The van der Waals surface area contributed by atoms with Crippen LogP contribution in [0.1, 0.15) is 26.8 Å². The molecule has 0 unspecified atom stereocenters. The molecule has 0 saturated heterocycles. The van der Waals surface area contributed by atoms with Gasteiger partial charge in [0.15, 0.2) is 16.8 Å². The number of benzene rings is 2. The van der Waals surface area contributed by atoms with Crippen molar-refractivity contribution in [3.05, 3.63) is 64.5 Å². The molecule has 0 saturated carbocycles. The number of halogens is 2. The van der Waals surface area contributed by atoms with E-state index in [4.69, 9.17) is 0 Å². The third-order valence-corrected chi connectivity index (χ3v) is 5.20. The first-order valence-electron chi connectivity index (χ1n) is 8.71. The van der Waals surface area contributed by atoms with E-state index in [9.17, 15) is 18.4 Å². The van der Waals surface area contributed by atoms with Crippen molar-refractivity contribution in [2.24, 2.45) is 0 Å². The number of aromatic nitrogens is 2. The van der Waals surface area contributed by atoms with Gasteiger partial charge in [0.1, 0.15) is 0 Å². The normalized spacial score (nSPS) is 12.4. The molecule has 0 aliphatic heterocycles. The molecule has 1 heterocycles. The number of para-hydroxylation sites is 1. The number of hydrogen-bond donors (Lipinski definition) is 1. The summed E-state index contributed by atoms with van der Waals surface area (Å²) in [5, 5.41) is 2.87. The fourth-order valence-corrected chi connectivity index (χ4v) is 3.73. The van der Waals surface area contributed by atoms with E-state index in [0.717, 1.165) is 23.9 Å². The third kappa shape index (κ3) is 4.06.